The van der Waals surface area contributed by atoms with Crippen LogP contribution in [-0.4, -0.2) is 35.6 Å². The fourth-order valence-corrected chi connectivity index (χ4v) is 5.95. The predicted molar refractivity (Wildman–Crippen MR) is 194 cm³/mol. The maximum atomic E-state index is 12.6. The summed E-state index contributed by atoms with van der Waals surface area (Å²) in [6.45, 7) is 4.22. The Bertz CT molecular complexity index is 722. The first-order valence-electron chi connectivity index (χ1n) is 19.8. The van der Waals surface area contributed by atoms with Crippen LogP contribution in [0.3, 0.4) is 0 Å². The fourth-order valence-electron chi connectivity index (χ4n) is 5.95. The summed E-state index contributed by atoms with van der Waals surface area (Å²) >= 11 is 0. The molecule has 46 heavy (non-hydrogen) atoms. The quantitative estimate of drug-likeness (QED) is 0.0400. The van der Waals surface area contributed by atoms with E-state index in [4.69, 9.17) is 9.84 Å². The van der Waals surface area contributed by atoms with Gasteiger partial charge >= 0.3 is 11.9 Å². The number of rotatable bonds is 36. The Morgan fingerprint density at radius 1 is 0.565 bits per heavy atom. The number of carboxylic acids is 1. The Labute approximate surface area is 284 Å². The van der Waals surface area contributed by atoms with Crippen LogP contribution in [0.1, 0.15) is 213 Å². The number of esters is 1. The summed E-state index contributed by atoms with van der Waals surface area (Å²) in [6, 6.07) is 0. The molecule has 0 aliphatic carbocycles. The maximum Gasteiger partial charge on any atom is 0.322 e. The van der Waals surface area contributed by atoms with E-state index in [0.717, 1.165) is 64.2 Å². The molecule has 0 heterocycles. The zero-order chi connectivity index (χ0) is 33.8. The smallest absolute Gasteiger partial charge is 0.322 e. The highest BCUT2D eigenvalue weighted by Gasteiger charge is 2.11. The molecule has 0 fully saturated rings. The largest absolute Gasteiger partial charge is 0.480 e. The van der Waals surface area contributed by atoms with Crippen LogP contribution < -0.4 is 5.32 Å². The van der Waals surface area contributed by atoms with E-state index >= 15 is 0 Å². The number of amides is 1. The Morgan fingerprint density at radius 2 is 0.978 bits per heavy atom. The molecule has 6 heteroatoms. The molecule has 0 aromatic heterocycles. The number of unbranched alkanes of at least 4 members (excludes halogenated alkanes) is 25. The second-order valence-corrected chi connectivity index (χ2v) is 13.5. The number of nitrogens with one attached hydrogen (secondary N) is 1. The van der Waals surface area contributed by atoms with E-state index in [1.54, 1.807) is 0 Å². The minimum Gasteiger partial charge on any atom is -0.480 e. The van der Waals surface area contributed by atoms with Gasteiger partial charge in [-0.05, 0) is 44.6 Å². The highest BCUT2D eigenvalue weighted by molar-refractivity contribution is 5.80. The molecule has 0 rings (SSSR count). The predicted octanol–water partition coefficient (Wildman–Crippen LogP) is 11.8. The Balaban J connectivity index is 4.09. The second-order valence-electron chi connectivity index (χ2n) is 13.5. The standard InChI is InChI=1S/C40H75NO5/c1-3-5-7-9-11-13-14-15-16-17-18-19-21-27-31-35-40(45)46-37(32-28-24-20-12-10-8-6-4-2)33-29-25-22-23-26-30-34-38(42)41-36-39(43)44/h28,32,37H,3-27,29-31,33-36H2,1-2H3,(H,41,42)(H,43,44)/b32-28-. The molecule has 0 spiro atoms. The van der Waals surface area contributed by atoms with Gasteiger partial charge in [0.2, 0.25) is 5.91 Å². The summed E-state index contributed by atoms with van der Waals surface area (Å²) in [5.74, 6) is -1.26. The van der Waals surface area contributed by atoms with Gasteiger partial charge in [0.25, 0.3) is 0 Å². The van der Waals surface area contributed by atoms with Crippen LogP contribution in [0.5, 0.6) is 0 Å². The molecule has 0 bridgehead atoms. The molecule has 6 nitrogen and oxygen atoms in total. The lowest BCUT2D eigenvalue weighted by Crippen LogP contribution is -2.28. The number of carbonyl (C=O) groups is 3. The lowest BCUT2D eigenvalue weighted by atomic mass is 10.0. The molecule has 1 amide bonds. The molecule has 1 unspecified atom stereocenters. The third kappa shape index (κ3) is 35.0. The number of carbonyl (C=O) groups excluding carboxylic acids is 2. The number of hydrogen-bond acceptors (Lipinski definition) is 4. The normalized spacial score (nSPS) is 12.0. The van der Waals surface area contributed by atoms with Crippen LogP contribution in [0, 0.1) is 0 Å². The van der Waals surface area contributed by atoms with Crippen LogP contribution in [0.25, 0.3) is 0 Å². The minimum absolute atomic E-state index is 0.0508. The van der Waals surface area contributed by atoms with Crippen LogP contribution in [0.15, 0.2) is 12.2 Å². The van der Waals surface area contributed by atoms with E-state index in [1.165, 1.54) is 122 Å². The van der Waals surface area contributed by atoms with E-state index in [2.05, 4.69) is 31.3 Å². The van der Waals surface area contributed by atoms with Crippen molar-refractivity contribution in [1.82, 2.24) is 5.32 Å². The van der Waals surface area contributed by atoms with Crippen molar-refractivity contribution in [3.05, 3.63) is 12.2 Å². The highest BCUT2D eigenvalue weighted by atomic mass is 16.5. The topological polar surface area (TPSA) is 92.7 Å². The lowest BCUT2D eigenvalue weighted by Gasteiger charge is -2.15. The molecule has 0 saturated carbocycles. The van der Waals surface area contributed by atoms with Gasteiger partial charge in [-0.3, -0.25) is 14.4 Å². The molecule has 0 aromatic carbocycles. The van der Waals surface area contributed by atoms with Gasteiger partial charge in [-0.1, -0.05) is 168 Å². The van der Waals surface area contributed by atoms with Gasteiger partial charge in [0.05, 0.1) is 0 Å². The zero-order valence-electron chi connectivity index (χ0n) is 30.4. The fraction of sp³-hybridized carbons (Fsp3) is 0.875. The molecule has 0 aliphatic rings. The third-order valence-electron chi connectivity index (χ3n) is 8.92. The summed E-state index contributed by atoms with van der Waals surface area (Å²) in [5.41, 5.74) is 0. The molecule has 0 radical (unpaired) electrons. The Hall–Kier alpha value is -1.85. The van der Waals surface area contributed by atoms with Crippen molar-refractivity contribution in [3.63, 3.8) is 0 Å². The summed E-state index contributed by atoms with van der Waals surface area (Å²) in [5, 5.41) is 11.0. The minimum atomic E-state index is -1.01. The summed E-state index contributed by atoms with van der Waals surface area (Å²) < 4.78 is 5.93. The van der Waals surface area contributed by atoms with Gasteiger partial charge in [0.15, 0.2) is 0 Å². The van der Waals surface area contributed by atoms with E-state index < -0.39 is 5.97 Å². The molecule has 0 aliphatic heterocycles. The van der Waals surface area contributed by atoms with Gasteiger partial charge < -0.3 is 15.2 Å². The lowest BCUT2D eigenvalue weighted by molar-refractivity contribution is -0.147. The van der Waals surface area contributed by atoms with Crippen LogP contribution in [-0.2, 0) is 19.1 Å². The van der Waals surface area contributed by atoms with Crippen LogP contribution in [0.2, 0.25) is 0 Å². The van der Waals surface area contributed by atoms with Crippen molar-refractivity contribution in [2.24, 2.45) is 0 Å². The van der Waals surface area contributed by atoms with E-state index in [9.17, 15) is 14.4 Å². The molecule has 1 atom stereocenters. The maximum absolute atomic E-state index is 12.6. The molecular formula is C40H75NO5. The average molecular weight is 650 g/mol. The highest BCUT2D eigenvalue weighted by Crippen LogP contribution is 2.16. The van der Waals surface area contributed by atoms with Gasteiger partial charge in [-0.2, -0.15) is 0 Å². The Morgan fingerprint density at radius 3 is 1.46 bits per heavy atom. The number of carboxylic acid groups (broad SMARTS) is 1. The third-order valence-corrected chi connectivity index (χ3v) is 8.92. The van der Waals surface area contributed by atoms with Crippen molar-refractivity contribution in [2.75, 3.05) is 6.54 Å². The van der Waals surface area contributed by atoms with E-state index in [-0.39, 0.29) is 24.5 Å². The number of allylic oxidation sites excluding steroid dienone is 1. The molecule has 2 N–H and O–H groups in total. The first kappa shape index (κ1) is 44.1. The second kappa shape index (κ2) is 36.0. The number of aliphatic carboxylic acids is 1. The number of hydrogen-bond donors (Lipinski definition) is 2. The molecule has 0 aromatic rings. The Kier molecular flexibility index (Phi) is 34.5. The van der Waals surface area contributed by atoms with Crippen molar-refractivity contribution < 1.29 is 24.2 Å². The molecular weight excluding hydrogens is 574 g/mol. The monoisotopic (exact) mass is 650 g/mol. The van der Waals surface area contributed by atoms with Crippen LogP contribution >= 0.6 is 0 Å². The summed E-state index contributed by atoms with van der Waals surface area (Å²) in [7, 11) is 0. The molecule has 270 valence electrons. The SMILES string of the molecule is CCCCCCCC/C=C\C(CCCCCCCCC(=O)NCC(=O)O)OC(=O)CCCCCCCCCCCCCCCCC. The number of ether oxygens (including phenoxy) is 1. The van der Waals surface area contributed by atoms with Gasteiger partial charge in [-0.15, -0.1) is 0 Å². The molecule has 0 saturated heterocycles. The van der Waals surface area contributed by atoms with Crippen molar-refractivity contribution >= 4 is 17.8 Å². The van der Waals surface area contributed by atoms with E-state index in [1.807, 2.05) is 0 Å². The zero-order valence-corrected chi connectivity index (χ0v) is 30.4. The first-order chi connectivity index (χ1) is 22.5. The van der Waals surface area contributed by atoms with E-state index in [0.29, 0.717) is 12.8 Å². The van der Waals surface area contributed by atoms with Crippen molar-refractivity contribution in [3.8, 4) is 0 Å². The van der Waals surface area contributed by atoms with Gasteiger partial charge in [-0.25, -0.2) is 0 Å². The first-order valence-corrected chi connectivity index (χ1v) is 19.8. The summed E-state index contributed by atoms with van der Waals surface area (Å²) in [6.07, 6.45) is 40.6. The van der Waals surface area contributed by atoms with Crippen LogP contribution in [0.4, 0.5) is 0 Å². The van der Waals surface area contributed by atoms with Gasteiger partial charge in [0, 0.05) is 12.8 Å². The summed E-state index contributed by atoms with van der Waals surface area (Å²) in [4.78, 5) is 34.8. The van der Waals surface area contributed by atoms with Crippen molar-refractivity contribution in [1.29, 1.82) is 0 Å². The average Bonchev–Trinajstić information content (AvgIpc) is 3.04. The van der Waals surface area contributed by atoms with Gasteiger partial charge in [0.1, 0.15) is 12.6 Å². The van der Waals surface area contributed by atoms with Crippen molar-refractivity contribution in [2.45, 2.75) is 219 Å².